The molecule has 2 aromatic rings. The number of thiophene rings is 1. The van der Waals surface area contributed by atoms with Gasteiger partial charge in [0.2, 0.25) is 0 Å². The molecule has 2 rings (SSSR count). The van der Waals surface area contributed by atoms with Crippen LogP contribution in [0.5, 0.6) is 5.75 Å². The summed E-state index contributed by atoms with van der Waals surface area (Å²) in [5, 5.41) is 2.65. The van der Waals surface area contributed by atoms with Crippen molar-refractivity contribution < 1.29 is 33.4 Å². The molecule has 0 saturated carbocycles. The topological polar surface area (TPSA) is 134 Å². The van der Waals surface area contributed by atoms with Gasteiger partial charge in [-0.2, -0.15) is 0 Å². The van der Waals surface area contributed by atoms with Crippen molar-refractivity contribution in [1.82, 2.24) is 0 Å². The second kappa shape index (κ2) is 10.9. The molecule has 1 aromatic heterocycles. The number of nitrogens with two attached hydrogens (primary N) is 1. The normalized spacial score (nSPS) is 10.4. The Bertz CT molecular complexity index is 974. The minimum atomic E-state index is -0.731. The number of anilines is 1. The fraction of sp³-hybridized carbons (Fsp3) is 0.263. The molecule has 0 saturated heterocycles. The third-order valence-electron chi connectivity index (χ3n) is 3.81. The molecule has 1 heterocycles. The first kappa shape index (κ1) is 23.5. The molecule has 0 aliphatic heterocycles. The minimum absolute atomic E-state index is 0.00502. The van der Waals surface area contributed by atoms with Crippen LogP contribution in [0.4, 0.5) is 5.00 Å². The van der Waals surface area contributed by atoms with Crippen LogP contribution in [0.1, 0.15) is 36.0 Å². The second-order valence-corrected chi connectivity index (χ2v) is 7.83. The van der Waals surface area contributed by atoms with Gasteiger partial charge in [-0.1, -0.05) is 15.9 Å². The summed E-state index contributed by atoms with van der Waals surface area (Å²) in [4.78, 5) is 47.7. The van der Waals surface area contributed by atoms with E-state index in [1.165, 1.54) is 14.0 Å². The Hall–Kier alpha value is -2.76. The van der Waals surface area contributed by atoms with Crippen LogP contribution in [0.15, 0.2) is 22.7 Å². The summed E-state index contributed by atoms with van der Waals surface area (Å²) in [6, 6.07) is 4.76. The average Bonchev–Trinajstić information content (AvgIpc) is 3.03. The molecule has 0 bridgehead atoms. The summed E-state index contributed by atoms with van der Waals surface area (Å²) in [5.74, 6) is -1.83. The molecular formula is C19H19BrN2O7S. The highest BCUT2D eigenvalue weighted by atomic mass is 79.9. The molecule has 0 atom stereocenters. The maximum Gasteiger partial charge on any atom is 0.341 e. The molecule has 0 fully saturated rings. The number of hydrogen-bond acceptors (Lipinski definition) is 8. The lowest BCUT2D eigenvalue weighted by Gasteiger charge is -2.10. The van der Waals surface area contributed by atoms with E-state index in [1.807, 2.05) is 0 Å². The second-order valence-electron chi connectivity index (χ2n) is 5.89. The summed E-state index contributed by atoms with van der Waals surface area (Å²) in [5.41, 5.74) is 5.96. The zero-order valence-electron chi connectivity index (χ0n) is 16.2. The highest BCUT2D eigenvalue weighted by Crippen LogP contribution is 2.33. The van der Waals surface area contributed by atoms with Gasteiger partial charge in [-0.05, 0) is 30.7 Å². The number of primary amides is 1. The molecule has 0 unspecified atom stereocenters. The standard InChI is InChI=1S/C19H19BrN2O7S/c1-10-15(19(26)28-6-5-27-2)18(30-16(10)17(21)25)22-14(24)9-29-13-4-3-12(20)7-11(13)8-23/h3-4,7-8H,5-6,9H2,1-2H3,(H2,21,25)(H,22,24). The lowest BCUT2D eigenvalue weighted by molar-refractivity contribution is -0.118. The Labute approximate surface area is 184 Å². The highest BCUT2D eigenvalue weighted by Gasteiger charge is 2.26. The number of carbonyl (C=O) groups excluding carboxylic acids is 4. The Morgan fingerprint density at radius 1 is 1.27 bits per heavy atom. The molecule has 11 heteroatoms. The maximum absolute atomic E-state index is 12.4. The van der Waals surface area contributed by atoms with Crippen molar-refractivity contribution >= 4 is 56.3 Å². The third-order valence-corrected chi connectivity index (χ3v) is 5.52. The summed E-state index contributed by atoms with van der Waals surface area (Å²) >= 11 is 4.11. The van der Waals surface area contributed by atoms with Crippen LogP contribution in [0.2, 0.25) is 0 Å². The van der Waals surface area contributed by atoms with Crippen LogP contribution in [-0.2, 0) is 14.3 Å². The Morgan fingerprint density at radius 2 is 2.00 bits per heavy atom. The van der Waals surface area contributed by atoms with Gasteiger partial charge in [0.25, 0.3) is 11.8 Å². The number of esters is 1. The average molecular weight is 499 g/mol. The van der Waals surface area contributed by atoms with Gasteiger partial charge in [0.15, 0.2) is 12.9 Å². The maximum atomic E-state index is 12.4. The summed E-state index contributed by atoms with van der Waals surface area (Å²) in [7, 11) is 1.46. The van der Waals surface area contributed by atoms with Crippen LogP contribution >= 0.6 is 27.3 Å². The largest absolute Gasteiger partial charge is 0.483 e. The molecule has 3 N–H and O–H groups in total. The van der Waals surface area contributed by atoms with Crippen molar-refractivity contribution in [2.24, 2.45) is 5.73 Å². The zero-order valence-corrected chi connectivity index (χ0v) is 18.6. The Morgan fingerprint density at radius 3 is 2.63 bits per heavy atom. The molecule has 30 heavy (non-hydrogen) atoms. The molecule has 160 valence electrons. The summed E-state index contributed by atoms with van der Waals surface area (Å²) in [6.45, 7) is 1.31. The van der Waals surface area contributed by atoms with Gasteiger partial charge >= 0.3 is 5.97 Å². The molecule has 9 nitrogen and oxygen atoms in total. The monoisotopic (exact) mass is 498 g/mol. The van der Waals surface area contributed by atoms with Gasteiger partial charge in [-0.3, -0.25) is 14.4 Å². The lowest BCUT2D eigenvalue weighted by Crippen LogP contribution is -2.21. The summed E-state index contributed by atoms with van der Waals surface area (Å²) < 4.78 is 16.0. The number of carbonyl (C=O) groups is 4. The van der Waals surface area contributed by atoms with E-state index in [2.05, 4.69) is 21.2 Å². The van der Waals surface area contributed by atoms with E-state index in [0.717, 1.165) is 11.3 Å². The van der Waals surface area contributed by atoms with Crippen molar-refractivity contribution in [3.63, 3.8) is 0 Å². The fourth-order valence-electron chi connectivity index (χ4n) is 2.42. The Balaban J connectivity index is 2.17. The highest BCUT2D eigenvalue weighted by molar-refractivity contribution is 9.10. The van der Waals surface area contributed by atoms with Crippen molar-refractivity contribution in [3.8, 4) is 5.75 Å². The van der Waals surface area contributed by atoms with Gasteiger partial charge in [-0.15, -0.1) is 11.3 Å². The molecule has 2 amide bonds. The number of aldehydes is 1. The van der Waals surface area contributed by atoms with Crippen molar-refractivity contribution in [2.75, 3.05) is 32.2 Å². The zero-order chi connectivity index (χ0) is 22.3. The van der Waals surface area contributed by atoms with Gasteiger partial charge < -0.3 is 25.3 Å². The van der Waals surface area contributed by atoms with Crippen molar-refractivity contribution in [2.45, 2.75) is 6.92 Å². The van der Waals surface area contributed by atoms with E-state index in [0.29, 0.717) is 16.3 Å². The van der Waals surface area contributed by atoms with E-state index in [9.17, 15) is 19.2 Å². The van der Waals surface area contributed by atoms with Crippen LogP contribution in [0, 0.1) is 6.92 Å². The summed E-state index contributed by atoms with van der Waals surface area (Å²) in [6.07, 6.45) is 0.605. The van der Waals surface area contributed by atoms with E-state index >= 15 is 0 Å². The fourth-order valence-corrected chi connectivity index (χ4v) is 3.86. The van der Waals surface area contributed by atoms with Crippen LogP contribution in [0.3, 0.4) is 0 Å². The van der Waals surface area contributed by atoms with E-state index in [-0.39, 0.29) is 40.0 Å². The number of benzene rings is 1. The van der Waals surface area contributed by atoms with Crippen LogP contribution < -0.4 is 15.8 Å². The van der Waals surface area contributed by atoms with Crippen LogP contribution in [0.25, 0.3) is 0 Å². The minimum Gasteiger partial charge on any atom is -0.483 e. The number of amides is 2. The molecule has 0 aliphatic carbocycles. The predicted molar refractivity (Wildman–Crippen MR) is 113 cm³/mol. The van der Waals surface area contributed by atoms with Gasteiger partial charge in [0, 0.05) is 11.6 Å². The van der Waals surface area contributed by atoms with Gasteiger partial charge in [0.1, 0.15) is 17.4 Å². The first-order valence-electron chi connectivity index (χ1n) is 8.55. The number of hydrogen-bond donors (Lipinski definition) is 2. The number of methoxy groups -OCH3 is 1. The van der Waals surface area contributed by atoms with Crippen molar-refractivity contribution in [3.05, 3.63) is 44.2 Å². The first-order chi connectivity index (χ1) is 14.3. The predicted octanol–water partition coefficient (Wildman–Crippen LogP) is 2.55. The van der Waals surface area contributed by atoms with E-state index in [4.69, 9.17) is 19.9 Å². The quantitative estimate of drug-likeness (QED) is 0.292. The van der Waals surface area contributed by atoms with Crippen LogP contribution in [-0.4, -0.2) is 51.0 Å². The van der Waals surface area contributed by atoms with Crippen molar-refractivity contribution in [1.29, 1.82) is 0 Å². The molecule has 0 aliphatic rings. The lowest BCUT2D eigenvalue weighted by atomic mass is 10.1. The first-order valence-corrected chi connectivity index (χ1v) is 10.2. The molecule has 1 aromatic carbocycles. The third kappa shape index (κ3) is 5.88. The van der Waals surface area contributed by atoms with E-state index in [1.54, 1.807) is 18.2 Å². The molecular weight excluding hydrogens is 480 g/mol. The van der Waals surface area contributed by atoms with Gasteiger partial charge in [0.05, 0.1) is 22.6 Å². The SMILES string of the molecule is COCCOC(=O)c1c(NC(=O)COc2ccc(Br)cc2C=O)sc(C(N)=O)c1C. The number of ether oxygens (including phenoxy) is 3. The number of halogens is 1. The smallest absolute Gasteiger partial charge is 0.341 e. The van der Waals surface area contributed by atoms with E-state index < -0.39 is 24.4 Å². The number of nitrogens with one attached hydrogen (secondary N) is 1. The van der Waals surface area contributed by atoms with Gasteiger partial charge in [-0.25, -0.2) is 4.79 Å². The number of rotatable bonds is 10. The molecule has 0 spiro atoms. The Kier molecular flexibility index (Phi) is 8.51. The molecule has 0 radical (unpaired) electrons.